The van der Waals surface area contributed by atoms with Gasteiger partial charge in [0.25, 0.3) is 5.56 Å². The first-order valence-corrected chi connectivity index (χ1v) is 8.46. The number of nitriles is 2. The Morgan fingerprint density at radius 1 is 1.07 bits per heavy atom. The van der Waals surface area contributed by atoms with Gasteiger partial charge in [-0.2, -0.15) is 10.5 Å². The lowest BCUT2D eigenvalue weighted by molar-refractivity contribution is 0.306. The highest BCUT2D eigenvalue weighted by molar-refractivity contribution is 6.31. The van der Waals surface area contributed by atoms with Crippen molar-refractivity contribution in [3.8, 4) is 29.0 Å². The quantitative estimate of drug-likeness (QED) is 0.674. The molecule has 0 atom stereocenters. The van der Waals surface area contributed by atoms with Gasteiger partial charge >= 0.3 is 0 Å². The van der Waals surface area contributed by atoms with E-state index >= 15 is 0 Å². The van der Waals surface area contributed by atoms with Gasteiger partial charge in [0.05, 0.1) is 0 Å². The molecule has 0 radical (unpaired) electrons. The van der Waals surface area contributed by atoms with Gasteiger partial charge in [-0.3, -0.25) is 4.79 Å². The molecule has 0 saturated heterocycles. The van der Waals surface area contributed by atoms with Gasteiger partial charge in [0.2, 0.25) is 0 Å². The Bertz CT molecular complexity index is 1260. The number of aromatic amines is 1. The average molecular weight is 413 g/mol. The summed E-state index contributed by atoms with van der Waals surface area (Å²) in [6, 6.07) is 11.3. The molecule has 3 rings (SSSR count). The zero-order chi connectivity index (χ0) is 21.1. The van der Waals surface area contributed by atoms with E-state index in [2.05, 4.69) is 4.98 Å². The number of nitrogens with two attached hydrogens (primary N) is 1. The highest BCUT2D eigenvalue weighted by atomic mass is 35.5. The van der Waals surface area contributed by atoms with Gasteiger partial charge in [-0.05, 0) is 35.9 Å². The molecule has 0 aliphatic heterocycles. The van der Waals surface area contributed by atoms with Gasteiger partial charge in [-0.25, -0.2) is 8.78 Å². The molecule has 0 aliphatic carbocycles. The van der Waals surface area contributed by atoms with Crippen molar-refractivity contribution in [2.45, 2.75) is 6.61 Å². The van der Waals surface area contributed by atoms with Crippen LogP contribution in [0.2, 0.25) is 5.02 Å². The van der Waals surface area contributed by atoms with Gasteiger partial charge < -0.3 is 15.5 Å². The van der Waals surface area contributed by atoms with E-state index in [1.807, 2.05) is 6.07 Å². The lowest BCUT2D eigenvalue weighted by atomic mass is 9.96. The molecule has 0 spiro atoms. The van der Waals surface area contributed by atoms with Crippen molar-refractivity contribution < 1.29 is 13.5 Å². The SMILES string of the molecule is N#Cc1c(N)[nH]c(=O)c(C#N)c1-c1cc(Cl)ccc1OCc1ccc(F)c(F)c1. The minimum absolute atomic E-state index is 0.0287. The highest BCUT2D eigenvalue weighted by Gasteiger charge is 2.21. The number of H-pyrrole nitrogens is 1. The summed E-state index contributed by atoms with van der Waals surface area (Å²) in [5.41, 5.74) is 5.01. The van der Waals surface area contributed by atoms with Crippen molar-refractivity contribution >= 4 is 17.4 Å². The summed E-state index contributed by atoms with van der Waals surface area (Å²) < 4.78 is 32.2. The lowest BCUT2D eigenvalue weighted by Crippen LogP contribution is -2.16. The van der Waals surface area contributed by atoms with E-state index in [9.17, 15) is 24.1 Å². The van der Waals surface area contributed by atoms with Crippen LogP contribution in [-0.4, -0.2) is 4.98 Å². The second-order valence-corrected chi connectivity index (χ2v) is 6.33. The Morgan fingerprint density at radius 3 is 2.45 bits per heavy atom. The first-order valence-electron chi connectivity index (χ1n) is 8.08. The number of halogens is 3. The van der Waals surface area contributed by atoms with E-state index in [4.69, 9.17) is 22.1 Å². The third-order valence-corrected chi connectivity index (χ3v) is 4.29. The Hall–Kier alpha value is -3.88. The first-order chi connectivity index (χ1) is 13.8. The maximum absolute atomic E-state index is 13.4. The topological polar surface area (TPSA) is 116 Å². The second-order valence-electron chi connectivity index (χ2n) is 5.89. The Morgan fingerprint density at radius 2 is 1.79 bits per heavy atom. The Labute approximate surface area is 168 Å². The molecule has 2 aromatic carbocycles. The fraction of sp³-hybridized carbons (Fsp3) is 0.0500. The molecule has 0 amide bonds. The van der Waals surface area contributed by atoms with Crippen LogP contribution in [0.3, 0.4) is 0 Å². The maximum atomic E-state index is 13.4. The standard InChI is InChI=1S/C20H11ClF2N4O2/c21-11-2-4-17(29-9-10-1-3-15(22)16(23)5-10)12(6-11)18-13(7-24)19(26)27-20(28)14(18)8-25/h1-6H,9H2,(H3,26,27,28). The molecule has 29 heavy (non-hydrogen) atoms. The van der Waals surface area contributed by atoms with Crippen molar-refractivity contribution in [2.24, 2.45) is 0 Å². The molecular weight excluding hydrogens is 402 g/mol. The van der Waals surface area contributed by atoms with Crippen molar-refractivity contribution in [2.75, 3.05) is 5.73 Å². The number of ether oxygens (including phenoxy) is 1. The van der Waals surface area contributed by atoms with E-state index in [1.165, 1.54) is 24.3 Å². The van der Waals surface area contributed by atoms with Gasteiger partial charge in [-0.1, -0.05) is 17.7 Å². The lowest BCUT2D eigenvalue weighted by Gasteiger charge is -2.15. The number of nitrogens with one attached hydrogen (secondary N) is 1. The highest BCUT2D eigenvalue weighted by Crippen LogP contribution is 2.37. The van der Waals surface area contributed by atoms with Crippen LogP contribution in [-0.2, 0) is 6.61 Å². The number of rotatable bonds is 4. The fourth-order valence-corrected chi connectivity index (χ4v) is 2.90. The molecule has 0 saturated carbocycles. The summed E-state index contributed by atoms with van der Waals surface area (Å²) in [5, 5.41) is 19.2. The molecule has 9 heteroatoms. The van der Waals surface area contributed by atoms with Crippen LogP contribution < -0.4 is 16.0 Å². The third-order valence-electron chi connectivity index (χ3n) is 4.06. The summed E-state index contributed by atoms with van der Waals surface area (Å²) in [6.07, 6.45) is 0. The Kier molecular flexibility index (Phi) is 5.49. The number of nitrogens with zero attached hydrogens (tertiary/aromatic N) is 2. The van der Waals surface area contributed by atoms with Gasteiger partial charge in [0, 0.05) is 16.1 Å². The zero-order valence-corrected chi connectivity index (χ0v) is 15.3. The van der Waals surface area contributed by atoms with Crippen LogP contribution in [0, 0.1) is 34.3 Å². The second kappa shape index (κ2) is 8.01. The summed E-state index contributed by atoms with van der Waals surface area (Å²) >= 11 is 6.06. The summed E-state index contributed by atoms with van der Waals surface area (Å²) in [5.74, 6) is -2.06. The predicted octanol–water partition coefficient (Wildman–Crippen LogP) is 3.88. The number of hydrogen-bond donors (Lipinski definition) is 2. The predicted molar refractivity (Wildman–Crippen MR) is 102 cm³/mol. The summed E-state index contributed by atoms with van der Waals surface area (Å²) in [6.45, 7) is -0.145. The number of nitrogen functional groups attached to an aromatic ring is 1. The van der Waals surface area contributed by atoms with Crippen molar-refractivity contribution in [3.05, 3.63) is 80.1 Å². The number of anilines is 1. The van der Waals surface area contributed by atoms with Crippen molar-refractivity contribution in [3.63, 3.8) is 0 Å². The molecule has 3 N–H and O–H groups in total. The zero-order valence-electron chi connectivity index (χ0n) is 14.6. The summed E-state index contributed by atoms with van der Waals surface area (Å²) in [4.78, 5) is 14.4. The summed E-state index contributed by atoms with van der Waals surface area (Å²) in [7, 11) is 0. The fourth-order valence-electron chi connectivity index (χ4n) is 2.73. The monoisotopic (exact) mass is 412 g/mol. The largest absolute Gasteiger partial charge is 0.488 e. The van der Waals surface area contributed by atoms with E-state index < -0.39 is 17.2 Å². The number of aromatic nitrogens is 1. The van der Waals surface area contributed by atoms with E-state index in [-0.39, 0.29) is 45.5 Å². The Balaban J connectivity index is 2.14. The average Bonchev–Trinajstić information content (AvgIpc) is 2.69. The van der Waals surface area contributed by atoms with Crippen LogP contribution in [0.1, 0.15) is 16.7 Å². The van der Waals surface area contributed by atoms with Crippen LogP contribution in [0.15, 0.2) is 41.2 Å². The number of hydrogen-bond acceptors (Lipinski definition) is 5. The van der Waals surface area contributed by atoms with E-state index in [1.54, 1.807) is 6.07 Å². The molecule has 1 heterocycles. The van der Waals surface area contributed by atoms with Crippen LogP contribution in [0.4, 0.5) is 14.6 Å². The molecule has 1 aromatic heterocycles. The first kappa shape index (κ1) is 19.9. The number of pyridine rings is 1. The van der Waals surface area contributed by atoms with Gasteiger partial charge in [0.1, 0.15) is 41.4 Å². The van der Waals surface area contributed by atoms with E-state index in [0.717, 1.165) is 12.1 Å². The number of benzene rings is 2. The van der Waals surface area contributed by atoms with Crippen LogP contribution in [0.25, 0.3) is 11.1 Å². The normalized spacial score (nSPS) is 10.2. The molecule has 0 bridgehead atoms. The molecule has 6 nitrogen and oxygen atoms in total. The molecule has 144 valence electrons. The third kappa shape index (κ3) is 3.88. The van der Waals surface area contributed by atoms with E-state index in [0.29, 0.717) is 5.56 Å². The van der Waals surface area contributed by atoms with Crippen LogP contribution >= 0.6 is 11.6 Å². The molecule has 0 aliphatic rings. The van der Waals surface area contributed by atoms with Crippen LogP contribution in [0.5, 0.6) is 5.75 Å². The molecular formula is C20H11ClF2N4O2. The molecule has 3 aromatic rings. The van der Waals surface area contributed by atoms with Gasteiger partial charge in [0.15, 0.2) is 11.6 Å². The smallest absolute Gasteiger partial charge is 0.268 e. The minimum atomic E-state index is -1.02. The van der Waals surface area contributed by atoms with Crippen molar-refractivity contribution in [1.29, 1.82) is 10.5 Å². The minimum Gasteiger partial charge on any atom is -0.488 e. The van der Waals surface area contributed by atoms with Gasteiger partial charge in [-0.15, -0.1) is 0 Å². The maximum Gasteiger partial charge on any atom is 0.268 e. The molecule has 0 unspecified atom stereocenters. The van der Waals surface area contributed by atoms with Crippen molar-refractivity contribution in [1.82, 2.24) is 4.98 Å². The molecule has 0 fully saturated rings.